The monoisotopic (exact) mass is 326 g/mol. The summed E-state index contributed by atoms with van der Waals surface area (Å²) < 4.78 is 1.16. The maximum absolute atomic E-state index is 3.58. The second-order valence-electron chi connectivity index (χ2n) is 5.11. The molecule has 0 bridgehead atoms. The Bertz CT molecular complexity index is 379. The van der Waals surface area contributed by atoms with Crippen LogP contribution in [0.15, 0.2) is 22.7 Å². The van der Waals surface area contributed by atoms with Crippen molar-refractivity contribution in [3.8, 4) is 0 Å². The van der Waals surface area contributed by atoms with Gasteiger partial charge in [-0.3, -0.25) is 0 Å². The molecule has 0 heterocycles. The predicted molar refractivity (Wildman–Crippen MR) is 88.9 cm³/mol. The number of rotatable bonds is 8. The molecule has 0 aliphatic heterocycles. The highest BCUT2D eigenvalue weighted by molar-refractivity contribution is 9.10. The summed E-state index contributed by atoms with van der Waals surface area (Å²) in [5.74, 6) is 0.732. The van der Waals surface area contributed by atoms with E-state index < -0.39 is 0 Å². The van der Waals surface area contributed by atoms with Crippen LogP contribution in [0.25, 0.3) is 0 Å². The highest BCUT2D eigenvalue weighted by Crippen LogP contribution is 2.25. The Hall–Kier alpha value is -0.540. The van der Waals surface area contributed by atoms with Crippen molar-refractivity contribution in [3.63, 3.8) is 0 Å². The largest absolute Gasteiger partial charge is 0.371 e. The van der Waals surface area contributed by atoms with Crippen LogP contribution in [0.4, 0.5) is 5.69 Å². The SMILES string of the molecule is CCNCc1cc(Br)ccc1N(CC)CC(C)CC. The van der Waals surface area contributed by atoms with E-state index in [1.165, 1.54) is 17.7 Å². The molecule has 0 spiro atoms. The van der Waals surface area contributed by atoms with Crippen molar-refractivity contribution < 1.29 is 0 Å². The van der Waals surface area contributed by atoms with Crippen molar-refractivity contribution in [2.24, 2.45) is 5.92 Å². The Morgan fingerprint density at radius 3 is 2.58 bits per heavy atom. The second kappa shape index (κ2) is 8.60. The first-order valence-electron chi connectivity index (χ1n) is 7.36. The van der Waals surface area contributed by atoms with Crippen LogP contribution in [0.5, 0.6) is 0 Å². The number of nitrogens with zero attached hydrogens (tertiary/aromatic N) is 1. The normalized spacial score (nSPS) is 12.5. The molecule has 0 radical (unpaired) electrons. The first kappa shape index (κ1) is 16.5. The van der Waals surface area contributed by atoms with Gasteiger partial charge in [-0.2, -0.15) is 0 Å². The lowest BCUT2D eigenvalue weighted by molar-refractivity contribution is 0.546. The Morgan fingerprint density at radius 2 is 2.00 bits per heavy atom. The van der Waals surface area contributed by atoms with Crippen molar-refractivity contribution in [3.05, 3.63) is 28.2 Å². The molecule has 19 heavy (non-hydrogen) atoms. The van der Waals surface area contributed by atoms with Gasteiger partial charge in [-0.05, 0) is 43.1 Å². The fraction of sp³-hybridized carbons (Fsp3) is 0.625. The van der Waals surface area contributed by atoms with Gasteiger partial charge < -0.3 is 10.2 Å². The topological polar surface area (TPSA) is 15.3 Å². The summed E-state index contributed by atoms with van der Waals surface area (Å²) in [5, 5.41) is 3.43. The van der Waals surface area contributed by atoms with Crippen LogP contribution in [0.1, 0.15) is 39.7 Å². The zero-order valence-electron chi connectivity index (χ0n) is 12.7. The zero-order valence-corrected chi connectivity index (χ0v) is 14.3. The van der Waals surface area contributed by atoms with Crippen LogP contribution in [0.3, 0.4) is 0 Å². The second-order valence-corrected chi connectivity index (χ2v) is 6.02. The number of hydrogen-bond acceptors (Lipinski definition) is 2. The summed E-state index contributed by atoms with van der Waals surface area (Å²) in [6, 6.07) is 6.62. The molecule has 1 aromatic carbocycles. The molecular formula is C16H27BrN2. The average Bonchev–Trinajstić information content (AvgIpc) is 2.42. The van der Waals surface area contributed by atoms with Gasteiger partial charge in [0.05, 0.1) is 0 Å². The molecule has 2 nitrogen and oxygen atoms in total. The van der Waals surface area contributed by atoms with Crippen LogP contribution in [-0.4, -0.2) is 19.6 Å². The number of anilines is 1. The van der Waals surface area contributed by atoms with Gasteiger partial charge in [0.25, 0.3) is 0 Å². The van der Waals surface area contributed by atoms with Crippen molar-refractivity contribution in [2.75, 3.05) is 24.5 Å². The zero-order chi connectivity index (χ0) is 14.3. The van der Waals surface area contributed by atoms with E-state index in [-0.39, 0.29) is 0 Å². The Balaban J connectivity index is 2.94. The molecule has 1 aromatic rings. The van der Waals surface area contributed by atoms with Gasteiger partial charge >= 0.3 is 0 Å². The molecule has 0 fully saturated rings. The predicted octanol–water partition coefficient (Wildman–Crippen LogP) is 4.43. The molecule has 1 N–H and O–H groups in total. The van der Waals surface area contributed by atoms with E-state index in [1.807, 2.05) is 0 Å². The molecular weight excluding hydrogens is 300 g/mol. The fourth-order valence-corrected chi connectivity index (χ4v) is 2.58. The first-order chi connectivity index (χ1) is 9.12. The van der Waals surface area contributed by atoms with Crippen LogP contribution < -0.4 is 10.2 Å². The fourth-order valence-electron chi connectivity index (χ4n) is 2.17. The van der Waals surface area contributed by atoms with E-state index in [4.69, 9.17) is 0 Å². The summed E-state index contributed by atoms with van der Waals surface area (Å²) >= 11 is 3.58. The van der Waals surface area contributed by atoms with E-state index in [9.17, 15) is 0 Å². The summed E-state index contributed by atoms with van der Waals surface area (Å²) in [6.07, 6.45) is 1.23. The van der Waals surface area contributed by atoms with Crippen molar-refractivity contribution >= 4 is 21.6 Å². The lowest BCUT2D eigenvalue weighted by Gasteiger charge is -2.28. The van der Waals surface area contributed by atoms with Crippen molar-refractivity contribution in [1.82, 2.24) is 5.32 Å². The Morgan fingerprint density at radius 1 is 1.26 bits per heavy atom. The van der Waals surface area contributed by atoms with E-state index in [1.54, 1.807) is 0 Å². The van der Waals surface area contributed by atoms with Crippen LogP contribution in [0, 0.1) is 5.92 Å². The Kier molecular flexibility index (Phi) is 7.47. The minimum atomic E-state index is 0.732. The van der Waals surface area contributed by atoms with Crippen molar-refractivity contribution in [2.45, 2.75) is 40.7 Å². The molecule has 3 heteroatoms. The summed E-state index contributed by atoms with van der Waals surface area (Å²) in [7, 11) is 0. The molecule has 1 rings (SSSR count). The van der Waals surface area contributed by atoms with Crippen LogP contribution in [-0.2, 0) is 6.54 Å². The molecule has 1 unspecified atom stereocenters. The van der Waals surface area contributed by atoms with Gasteiger partial charge in [0.1, 0.15) is 0 Å². The summed E-state index contributed by atoms with van der Waals surface area (Å²) in [6.45, 7) is 13.1. The molecule has 0 amide bonds. The van der Waals surface area contributed by atoms with Gasteiger partial charge in [-0.15, -0.1) is 0 Å². The molecule has 0 aliphatic carbocycles. The van der Waals surface area contributed by atoms with Gasteiger partial charge in [0, 0.05) is 29.8 Å². The molecule has 0 aromatic heterocycles. The maximum Gasteiger partial charge on any atom is 0.0412 e. The third-order valence-corrected chi connectivity index (χ3v) is 4.05. The van der Waals surface area contributed by atoms with E-state index >= 15 is 0 Å². The molecule has 0 saturated carbocycles. The number of benzene rings is 1. The standard InChI is InChI=1S/C16H27BrN2/c1-5-13(4)12-19(7-3)16-9-8-15(17)10-14(16)11-18-6-2/h8-10,13,18H,5-7,11-12H2,1-4H3. The summed E-state index contributed by atoms with van der Waals surface area (Å²) in [4.78, 5) is 2.49. The van der Waals surface area contributed by atoms with Gasteiger partial charge in [0.15, 0.2) is 0 Å². The third kappa shape index (κ3) is 5.15. The van der Waals surface area contributed by atoms with E-state index in [2.05, 4.69) is 72.0 Å². The molecule has 1 atom stereocenters. The van der Waals surface area contributed by atoms with Gasteiger partial charge in [0.2, 0.25) is 0 Å². The minimum absolute atomic E-state index is 0.732. The minimum Gasteiger partial charge on any atom is -0.371 e. The lowest BCUT2D eigenvalue weighted by Crippen LogP contribution is -2.29. The van der Waals surface area contributed by atoms with Gasteiger partial charge in [-0.25, -0.2) is 0 Å². The highest BCUT2D eigenvalue weighted by atomic mass is 79.9. The van der Waals surface area contributed by atoms with Gasteiger partial charge in [-0.1, -0.05) is 43.1 Å². The average molecular weight is 327 g/mol. The molecule has 108 valence electrons. The van der Waals surface area contributed by atoms with Crippen LogP contribution in [0.2, 0.25) is 0 Å². The lowest BCUT2D eigenvalue weighted by atomic mass is 10.1. The number of hydrogen-bond donors (Lipinski definition) is 1. The smallest absolute Gasteiger partial charge is 0.0412 e. The van der Waals surface area contributed by atoms with E-state index in [0.29, 0.717) is 0 Å². The van der Waals surface area contributed by atoms with E-state index in [0.717, 1.165) is 36.6 Å². The Labute approximate surface area is 126 Å². The quantitative estimate of drug-likeness (QED) is 0.760. The summed E-state index contributed by atoms with van der Waals surface area (Å²) in [5.41, 5.74) is 2.74. The number of halogens is 1. The molecule has 0 aliphatic rings. The first-order valence-corrected chi connectivity index (χ1v) is 8.15. The third-order valence-electron chi connectivity index (χ3n) is 3.56. The molecule has 0 saturated heterocycles. The highest BCUT2D eigenvalue weighted by Gasteiger charge is 2.12. The number of nitrogens with one attached hydrogen (secondary N) is 1. The van der Waals surface area contributed by atoms with Crippen molar-refractivity contribution in [1.29, 1.82) is 0 Å². The van der Waals surface area contributed by atoms with Crippen LogP contribution >= 0.6 is 15.9 Å². The maximum atomic E-state index is 3.58.